The summed E-state index contributed by atoms with van der Waals surface area (Å²) in [5, 5.41) is 0. The van der Waals surface area contributed by atoms with Gasteiger partial charge in [-0.05, 0) is 32.9 Å². The highest BCUT2D eigenvalue weighted by Gasteiger charge is 2.19. The Balaban J connectivity index is 2.77. The third-order valence-corrected chi connectivity index (χ3v) is 1.86. The third-order valence-electron chi connectivity index (χ3n) is 1.86. The predicted molar refractivity (Wildman–Crippen MR) is 64.5 cm³/mol. The molecular weight excluding hydrogens is 236 g/mol. The van der Waals surface area contributed by atoms with Gasteiger partial charge in [0.15, 0.2) is 11.5 Å². The second kappa shape index (κ2) is 6.64. The molecular formula is C13H16O5. The summed E-state index contributed by atoms with van der Waals surface area (Å²) in [4.78, 5) is 22.5. The fourth-order valence-corrected chi connectivity index (χ4v) is 1.22. The van der Waals surface area contributed by atoms with E-state index in [0.717, 1.165) is 0 Å². The van der Waals surface area contributed by atoms with Crippen LogP contribution in [0.1, 0.15) is 20.8 Å². The van der Waals surface area contributed by atoms with Gasteiger partial charge in [-0.3, -0.25) is 0 Å². The van der Waals surface area contributed by atoms with Crippen molar-refractivity contribution in [1.29, 1.82) is 0 Å². The average molecular weight is 252 g/mol. The van der Waals surface area contributed by atoms with Crippen LogP contribution in [0.2, 0.25) is 0 Å². The fraction of sp³-hybridized carbons (Fsp3) is 0.385. The number of carbonyl (C=O) groups is 2. The topological polar surface area (TPSA) is 61.8 Å². The number of rotatable bonds is 4. The van der Waals surface area contributed by atoms with E-state index in [2.05, 4.69) is 4.74 Å². The van der Waals surface area contributed by atoms with Crippen molar-refractivity contribution < 1.29 is 23.8 Å². The van der Waals surface area contributed by atoms with Crippen molar-refractivity contribution in [3.05, 3.63) is 24.3 Å². The maximum Gasteiger partial charge on any atom is 0.422 e. The quantitative estimate of drug-likeness (QED) is 0.465. The van der Waals surface area contributed by atoms with Gasteiger partial charge in [-0.1, -0.05) is 12.1 Å². The molecule has 98 valence electrons. The summed E-state index contributed by atoms with van der Waals surface area (Å²) in [6.45, 7) is 5.44. The molecule has 18 heavy (non-hydrogen) atoms. The van der Waals surface area contributed by atoms with Gasteiger partial charge in [-0.25, -0.2) is 9.59 Å². The number of benzene rings is 1. The minimum atomic E-state index is -1.06. The van der Waals surface area contributed by atoms with Crippen molar-refractivity contribution in [3.8, 4) is 11.5 Å². The van der Waals surface area contributed by atoms with Crippen molar-refractivity contribution in [2.75, 3.05) is 6.61 Å². The number of hydrogen-bond acceptors (Lipinski definition) is 5. The van der Waals surface area contributed by atoms with E-state index in [1.165, 1.54) is 0 Å². The normalized spacial score (nSPS) is 10.0. The Bertz CT molecular complexity index is 425. The number of hydrogen-bond donors (Lipinski definition) is 0. The standard InChI is InChI=1S/C13H16O5/c1-4-16-12(14)13(15)18-11-8-6-5-7-10(11)17-9(2)3/h5-9H,4H2,1-3H3. The van der Waals surface area contributed by atoms with E-state index in [-0.39, 0.29) is 18.5 Å². The second-order valence-corrected chi connectivity index (χ2v) is 3.72. The summed E-state index contributed by atoms with van der Waals surface area (Å²) >= 11 is 0. The van der Waals surface area contributed by atoms with E-state index in [4.69, 9.17) is 9.47 Å². The average Bonchev–Trinajstić information content (AvgIpc) is 2.31. The monoisotopic (exact) mass is 252 g/mol. The molecule has 5 heteroatoms. The molecule has 0 bridgehead atoms. The Hall–Kier alpha value is -2.04. The van der Waals surface area contributed by atoms with Gasteiger partial charge >= 0.3 is 11.9 Å². The van der Waals surface area contributed by atoms with Gasteiger partial charge in [0, 0.05) is 0 Å². The highest BCUT2D eigenvalue weighted by atomic mass is 16.6. The predicted octanol–water partition coefficient (Wildman–Crippen LogP) is 1.94. The highest BCUT2D eigenvalue weighted by Crippen LogP contribution is 2.27. The molecule has 0 unspecified atom stereocenters. The largest absolute Gasteiger partial charge is 0.487 e. The van der Waals surface area contributed by atoms with Crippen LogP contribution in [-0.4, -0.2) is 24.6 Å². The molecule has 0 aromatic heterocycles. The molecule has 0 heterocycles. The number of para-hydroxylation sites is 2. The third kappa shape index (κ3) is 4.08. The Morgan fingerprint density at radius 2 is 1.72 bits per heavy atom. The smallest absolute Gasteiger partial charge is 0.422 e. The highest BCUT2D eigenvalue weighted by molar-refractivity contribution is 6.30. The van der Waals surface area contributed by atoms with Crippen molar-refractivity contribution in [2.24, 2.45) is 0 Å². The summed E-state index contributed by atoms with van der Waals surface area (Å²) in [5.41, 5.74) is 0. The van der Waals surface area contributed by atoms with E-state index in [1.807, 2.05) is 13.8 Å². The van der Waals surface area contributed by atoms with Crippen LogP contribution in [0.5, 0.6) is 11.5 Å². The summed E-state index contributed by atoms with van der Waals surface area (Å²) in [5.74, 6) is -1.47. The van der Waals surface area contributed by atoms with Crippen LogP contribution in [0, 0.1) is 0 Å². The number of esters is 2. The molecule has 0 spiro atoms. The first-order valence-electron chi connectivity index (χ1n) is 5.69. The molecule has 0 aliphatic heterocycles. The van der Waals surface area contributed by atoms with Gasteiger partial charge in [0.05, 0.1) is 12.7 Å². The minimum absolute atomic E-state index is 0.0626. The minimum Gasteiger partial charge on any atom is -0.487 e. The lowest BCUT2D eigenvalue weighted by molar-refractivity contribution is -0.161. The van der Waals surface area contributed by atoms with Gasteiger partial charge in [-0.2, -0.15) is 0 Å². The molecule has 0 saturated heterocycles. The summed E-state index contributed by atoms with van der Waals surface area (Å²) in [6.07, 6.45) is -0.0626. The maximum absolute atomic E-state index is 11.4. The molecule has 0 N–H and O–H groups in total. The number of ether oxygens (including phenoxy) is 3. The molecule has 0 aliphatic rings. The first-order chi connectivity index (χ1) is 8.54. The Kier molecular flexibility index (Phi) is 5.17. The van der Waals surface area contributed by atoms with Crippen LogP contribution >= 0.6 is 0 Å². The lowest BCUT2D eigenvalue weighted by atomic mass is 10.3. The molecule has 5 nitrogen and oxygen atoms in total. The Labute approximate surface area is 106 Å². The zero-order valence-electron chi connectivity index (χ0n) is 10.6. The van der Waals surface area contributed by atoms with E-state index in [1.54, 1.807) is 31.2 Å². The zero-order chi connectivity index (χ0) is 13.5. The fourth-order valence-electron chi connectivity index (χ4n) is 1.22. The van der Waals surface area contributed by atoms with E-state index in [0.29, 0.717) is 5.75 Å². The maximum atomic E-state index is 11.4. The van der Waals surface area contributed by atoms with Crippen molar-refractivity contribution >= 4 is 11.9 Å². The van der Waals surface area contributed by atoms with Crippen LogP contribution in [0.25, 0.3) is 0 Å². The molecule has 0 amide bonds. The Morgan fingerprint density at radius 3 is 2.28 bits per heavy atom. The van der Waals surface area contributed by atoms with Crippen molar-refractivity contribution in [3.63, 3.8) is 0 Å². The SMILES string of the molecule is CCOC(=O)C(=O)Oc1ccccc1OC(C)C. The van der Waals surface area contributed by atoms with Gasteiger partial charge in [0.25, 0.3) is 0 Å². The van der Waals surface area contributed by atoms with Crippen molar-refractivity contribution in [1.82, 2.24) is 0 Å². The van der Waals surface area contributed by atoms with Gasteiger partial charge in [-0.15, -0.1) is 0 Å². The number of carbonyl (C=O) groups excluding carboxylic acids is 2. The molecule has 1 aromatic rings. The zero-order valence-corrected chi connectivity index (χ0v) is 10.6. The molecule has 0 atom stereocenters. The van der Waals surface area contributed by atoms with E-state index in [9.17, 15) is 9.59 Å². The summed E-state index contributed by atoms with van der Waals surface area (Å²) in [6, 6.07) is 6.64. The lowest BCUT2D eigenvalue weighted by Crippen LogP contribution is -2.23. The molecule has 1 aromatic carbocycles. The van der Waals surface area contributed by atoms with Crippen LogP contribution in [-0.2, 0) is 14.3 Å². The molecule has 0 radical (unpaired) electrons. The molecule has 1 rings (SSSR count). The van der Waals surface area contributed by atoms with Crippen LogP contribution in [0.3, 0.4) is 0 Å². The molecule has 0 aliphatic carbocycles. The van der Waals surface area contributed by atoms with Gasteiger partial charge in [0.1, 0.15) is 0 Å². The van der Waals surface area contributed by atoms with Crippen LogP contribution in [0.15, 0.2) is 24.3 Å². The van der Waals surface area contributed by atoms with Gasteiger partial charge in [0.2, 0.25) is 0 Å². The summed E-state index contributed by atoms with van der Waals surface area (Å²) < 4.78 is 14.9. The first-order valence-corrected chi connectivity index (χ1v) is 5.69. The van der Waals surface area contributed by atoms with Crippen molar-refractivity contribution in [2.45, 2.75) is 26.9 Å². The lowest BCUT2D eigenvalue weighted by Gasteiger charge is -2.13. The van der Waals surface area contributed by atoms with E-state index >= 15 is 0 Å². The Morgan fingerprint density at radius 1 is 1.11 bits per heavy atom. The molecule has 0 saturated carbocycles. The van der Waals surface area contributed by atoms with Crippen LogP contribution in [0.4, 0.5) is 0 Å². The first kappa shape index (κ1) is 14.0. The second-order valence-electron chi connectivity index (χ2n) is 3.72. The summed E-state index contributed by atoms with van der Waals surface area (Å²) in [7, 11) is 0. The van der Waals surface area contributed by atoms with E-state index < -0.39 is 11.9 Å². The molecule has 0 fully saturated rings. The van der Waals surface area contributed by atoms with Gasteiger partial charge < -0.3 is 14.2 Å². The van der Waals surface area contributed by atoms with Crippen LogP contribution < -0.4 is 9.47 Å².